The van der Waals surface area contributed by atoms with Crippen molar-refractivity contribution in [2.24, 2.45) is 0 Å². The third kappa shape index (κ3) is 2.44. The second-order valence-corrected chi connectivity index (χ2v) is 4.30. The zero-order valence-corrected chi connectivity index (χ0v) is 10.3. The minimum atomic E-state index is -1.21. The molecule has 1 heterocycles. The van der Waals surface area contributed by atoms with E-state index in [1.807, 2.05) is 0 Å². The number of aromatic carboxylic acids is 1. The van der Waals surface area contributed by atoms with E-state index in [9.17, 15) is 9.18 Å². The van der Waals surface area contributed by atoms with E-state index in [1.54, 1.807) is 6.07 Å². The van der Waals surface area contributed by atoms with Crippen molar-refractivity contribution in [2.75, 3.05) is 0 Å². The molecule has 1 aromatic carbocycles. The molecule has 0 radical (unpaired) electrons. The van der Waals surface area contributed by atoms with Crippen LogP contribution < -0.4 is 0 Å². The van der Waals surface area contributed by atoms with E-state index in [0.29, 0.717) is 5.02 Å². The van der Waals surface area contributed by atoms with Crippen LogP contribution in [0, 0.1) is 5.95 Å². The number of hydrogen-bond donors (Lipinski definition) is 1. The lowest BCUT2D eigenvalue weighted by molar-refractivity contribution is 0.0697. The number of hydrogen-bond acceptors (Lipinski definition) is 2. The number of benzene rings is 1. The topological polar surface area (TPSA) is 50.2 Å². The van der Waals surface area contributed by atoms with Crippen molar-refractivity contribution >= 4 is 29.2 Å². The molecule has 0 saturated carbocycles. The molecule has 0 saturated heterocycles. The van der Waals surface area contributed by atoms with E-state index in [2.05, 4.69) is 4.98 Å². The summed E-state index contributed by atoms with van der Waals surface area (Å²) in [7, 11) is 0. The predicted octanol–water partition coefficient (Wildman–Crippen LogP) is 3.89. The molecule has 0 fully saturated rings. The van der Waals surface area contributed by atoms with Gasteiger partial charge in [-0.15, -0.1) is 0 Å². The molecule has 0 aliphatic carbocycles. The molecular formula is C12H6Cl2FNO2. The first-order valence-corrected chi connectivity index (χ1v) is 5.60. The summed E-state index contributed by atoms with van der Waals surface area (Å²) in [6, 6.07) is 6.60. The third-order valence-corrected chi connectivity index (χ3v) is 2.84. The number of carbonyl (C=O) groups is 1. The minimum absolute atomic E-state index is 0.0463. The van der Waals surface area contributed by atoms with Gasteiger partial charge in [-0.2, -0.15) is 4.39 Å². The van der Waals surface area contributed by atoms with Gasteiger partial charge in [-0.25, -0.2) is 9.78 Å². The van der Waals surface area contributed by atoms with E-state index < -0.39 is 11.9 Å². The van der Waals surface area contributed by atoms with Gasteiger partial charge in [-0.1, -0.05) is 23.2 Å². The maximum atomic E-state index is 13.1. The van der Waals surface area contributed by atoms with Crippen molar-refractivity contribution in [3.63, 3.8) is 0 Å². The number of carboxylic acid groups (broad SMARTS) is 1. The van der Waals surface area contributed by atoms with E-state index >= 15 is 0 Å². The quantitative estimate of drug-likeness (QED) is 0.852. The lowest BCUT2D eigenvalue weighted by atomic mass is 10.1. The summed E-state index contributed by atoms with van der Waals surface area (Å²) in [4.78, 5) is 14.6. The molecule has 18 heavy (non-hydrogen) atoms. The van der Waals surface area contributed by atoms with E-state index in [4.69, 9.17) is 28.3 Å². The Balaban J connectivity index is 2.73. The minimum Gasteiger partial charge on any atom is -0.478 e. The highest BCUT2D eigenvalue weighted by Gasteiger charge is 2.17. The number of nitrogens with zero attached hydrogens (tertiary/aromatic N) is 1. The average molecular weight is 286 g/mol. The number of pyridine rings is 1. The van der Waals surface area contributed by atoms with Crippen LogP contribution in [0.15, 0.2) is 30.3 Å². The smallest absolute Gasteiger partial charge is 0.337 e. The molecule has 2 rings (SSSR count). The second-order valence-electron chi connectivity index (χ2n) is 3.46. The van der Waals surface area contributed by atoms with E-state index in [-0.39, 0.29) is 21.8 Å². The molecule has 0 unspecified atom stereocenters. The molecule has 6 heteroatoms. The fraction of sp³-hybridized carbons (Fsp3) is 0. The first kappa shape index (κ1) is 12.8. The highest BCUT2D eigenvalue weighted by atomic mass is 35.5. The SMILES string of the molecule is O=C(O)c1ccc(F)nc1-c1cc(Cl)ccc1Cl. The van der Waals surface area contributed by atoms with Crippen LogP contribution in [0.3, 0.4) is 0 Å². The van der Waals surface area contributed by atoms with Crippen molar-refractivity contribution in [3.05, 3.63) is 51.9 Å². The molecule has 0 atom stereocenters. The molecule has 3 nitrogen and oxygen atoms in total. The van der Waals surface area contributed by atoms with Gasteiger partial charge in [0.05, 0.1) is 16.3 Å². The van der Waals surface area contributed by atoms with Crippen molar-refractivity contribution in [1.29, 1.82) is 0 Å². The van der Waals surface area contributed by atoms with Crippen LogP contribution in [0.4, 0.5) is 4.39 Å². The van der Waals surface area contributed by atoms with Crippen LogP contribution in [0.5, 0.6) is 0 Å². The normalized spacial score (nSPS) is 10.4. The summed E-state index contributed by atoms with van der Waals surface area (Å²) < 4.78 is 13.1. The molecule has 1 aromatic heterocycles. The Hall–Kier alpha value is -1.65. The van der Waals surface area contributed by atoms with Gasteiger partial charge in [-0.3, -0.25) is 0 Å². The predicted molar refractivity (Wildman–Crippen MR) is 66.6 cm³/mol. The Morgan fingerprint density at radius 3 is 2.61 bits per heavy atom. The maximum absolute atomic E-state index is 13.1. The molecule has 0 aliphatic heterocycles. The second kappa shape index (κ2) is 4.92. The first-order valence-electron chi connectivity index (χ1n) is 4.84. The summed E-state index contributed by atoms with van der Waals surface area (Å²) in [5, 5.41) is 9.65. The number of carboxylic acids is 1. The Morgan fingerprint density at radius 2 is 1.94 bits per heavy atom. The monoisotopic (exact) mass is 285 g/mol. The highest BCUT2D eigenvalue weighted by Crippen LogP contribution is 2.31. The lowest BCUT2D eigenvalue weighted by Crippen LogP contribution is -2.03. The lowest BCUT2D eigenvalue weighted by Gasteiger charge is -2.07. The molecule has 0 bridgehead atoms. The van der Waals surface area contributed by atoms with Crippen LogP contribution >= 0.6 is 23.2 Å². The average Bonchev–Trinajstić information content (AvgIpc) is 2.31. The fourth-order valence-electron chi connectivity index (χ4n) is 1.49. The molecule has 2 aromatic rings. The number of rotatable bonds is 2. The van der Waals surface area contributed by atoms with Crippen molar-refractivity contribution in [1.82, 2.24) is 4.98 Å². The fourth-order valence-corrected chi connectivity index (χ4v) is 1.87. The third-order valence-electron chi connectivity index (χ3n) is 2.28. The first-order chi connectivity index (χ1) is 8.49. The van der Waals surface area contributed by atoms with E-state index in [1.165, 1.54) is 12.1 Å². The zero-order valence-electron chi connectivity index (χ0n) is 8.82. The Bertz CT molecular complexity index is 631. The summed E-state index contributed by atoms with van der Waals surface area (Å²) in [5.41, 5.74) is 0.0941. The molecular weight excluding hydrogens is 280 g/mol. The van der Waals surface area contributed by atoms with Crippen LogP contribution in [-0.2, 0) is 0 Å². The Morgan fingerprint density at radius 1 is 1.22 bits per heavy atom. The van der Waals surface area contributed by atoms with Gasteiger partial charge in [0, 0.05) is 10.6 Å². The summed E-state index contributed by atoms with van der Waals surface area (Å²) in [5.74, 6) is -2.00. The summed E-state index contributed by atoms with van der Waals surface area (Å²) in [6.07, 6.45) is 0. The van der Waals surface area contributed by atoms with Gasteiger partial charge < -0.3 is 5.11 Å². The number of aromatic nitrogens is 1. The largest absolute Gasteiger partial charge is 0.478 e. The molecule has 92 valence electrons. The zero-order chi connectivity index (χ0) is 13.3. The summed E-state index contributed by atoms with van der Waals surface area (Å²) >= 11 is 11.8. The van der Waals surface area contributed by atoms with Crippen molar-refractivity contribution in [2.45, 2.75) is 0 Å². The maximum Gasteiger partial charge on any atom is 0.337 e. The van der Waals surface area contributed by atoms with Crippen LogP contribution in [0.1, 0.15) is 10.4 Å². The molecule has 0 aliphatic rings. The Labute approximate surface area is 112 Å². The Kier molecular flexibility index (Phi) is 3.50. The van der Waals surface area contributed by atoms with Crippen LogP contribution in [-0.4, -0.2) is 16.1 Å². The number of halogens is 3. The highest BCUT2D eigenvalue weighted by molar-refractivity contribution is 6.35. The van der Waals surface area contributed by atoms with Gasteiger partial charge in [0.25, 0.3) is 0 Å². The summed E-state index contributed by atoms with van der Waals surface area (Å²) in [6.45, 7) is 0. The van der Waals surface area contributed by atoms with Crippen molar-refractivity contribution < 1.29 is 14.3 Å². The van der Waals surface area contributed by atoms with Crippen LogP contribution in [0.25, 0.3) is 11.3 Å². The van der Waals surface area contributed by atoms with Gasteiger partial charge in [0.1, 0.15) is 0 Å². The van der Waals surface area contributed by atoms with Gasteiger partial charge in [0.2, 0.25) is 5.95 Å². The van der Waals surface area contributed by atoms with Gasteiger partial charge >= 0.3 is 5.97 Å². The van der Waals surface area contributed by atoms with Crippen LogP contribution in [0.2, 0.25) is 10.0 Å². The molecule has 1 N–H and O–H groups in total. The standard InChI is InChI=1S/C12H6Cl2FNO2/c13-6-1-3-9(14)8(5-6)11-7(12(17)18)2-4-10(15)16-11/h1-5H,(H,17,18). The molecule has 0 amide bonds. The van der Waals surface area contributed by atoms with Gasteiger partial charge in [-0.05, 0) is 30.3 Å². The molecule has 0 spiro atoms. The van der Waals surface area contributed by atoms with E-state index in [0.717, 1.165) is 12.1 Å². The van der Waals surface area contributed by atoms with Crippen molar-refractivity contribution in [3.8, 4) is 11.3 Å². The van der Waals surface area contributed by atoms with Gasteiger partial charge in [0.15, 0.2) is 0 Å².